The number of benzene rings is 1. The van der Waals surface area contributed by atoms with Crippen LogP contribution < -0.4 is 10.1 Å². The van der Waals surface area contributed by atoms with Crippen LogP contribution in [-0.4, -0.2) is 55.0 Å². The summed E-state index contributed by atoms with van der Waals surface area (Å²) in [6, 6.07) is 8.04. The Labute approximate surface area is 142 Å². The molecule has 0 spiro atoms. The quantitative estimate of drug-likeness (QED) is 0.918. The highest BCUT2D eigenvalue weighted by molar-refractivity contribution is 5.96. The zero-order valence-electron chi connectivity index (χ0n) is 14.2. The number of hydrogen-bond donors (Lipinski definition) is 1. The van der Waals surface area contributed by atoms with Gasteiger partial charge in [0.1, 0.15) is 5.75 Å². The van der Waals surface area contributed by atoms with Crippen LogP contribution in [-0.2, 0) is 4.79 Å². The molecule has 0 bridgehead atoms. The Hall–Kier alpha value is -2.08. The van der Waals surface area contributed by atoms with Crippen molar-refractivity contribution in [1.82, 2.24) is 15.1 Å². The summed E-state index contributed by atoms with van der Waals surface area (Å²) in [5.74, 6) is 0.731. The zero-order chi connectivity index (χ0) is 16.9. The third-order valence-electron chi connectivity index (χ3n) is 4.86. The first-order valence-corrected chi connectivity index (χ1v) is 8.65. The second-order valence-corrected chi connectivity index (χ2v) is 6.39. The van der Waals surface area contributed by atoms with Crippen molar-refractivity contribution >= 4 is 11.9 Å². The molecule has 24 heavy (non-hydrogen) atoms. The lowest BCUT2D eigenvalue weighted by molar-refractivity contribution is -0.129. The van der Waals surface area contributed by atoms with Crippen molar-refractivity contribution in [3.8, 4) is 5.75 Å². The van der Waals surface area contributed by atoms with Crippen molar-refractivity contribution in [2.24, 2.45) is 0 Å². The maximum absolute atomic E-state index is 12.5. The molecule has 2 heterocycles. The van der Waals surface area contributed by atoms with Crippen LogP contribution in [0.15, 0.2) is 24.3 Å². The van der Waals surface area contributed by atoms with E-state index in [2.05, 4.69) is 22.3 Å². The number of hydrogen-bond acceptors (Lipinski definition) is 4. The van der Waals surface area contributed by atoms with Crippen LogP contribution >= 0.6 is 0 Å². The second kappa shape index (κ2) is 7.66. The van der Waals surface area contributed by atoms with Crippen LogP contribution in [0.5, 0.6) is 5.75 Å². The molecular weight excluding hydrogens is 306 g/mol. The first kappa shape index (κ1) is 16.8. The number of carbonyl (C=O) groups is 2. The van der Waals surface area contributed by atoms with E-state index in [-0.39, 0.29) is 18.0 Å². The van der Waals surface area contributed by atoms with E-state index >= 15 is 0 Å². The molecule has 6 nitrogen and oxygen atoms in total. The number of amides is 3. The maximum Gasteiger partial charge on any atom is 0.324 e. The largest absolute Gasteiger partial charge is 0.497 e. The predicted octanol–water partition coefficient (Wildman–Crippen LogP) is 2.16. The van der Waals surface area contributed by atoms with E-state index in [0.717, 1.165) is 31.6 Å². The lowest BCUT2D eigenvalue weighted by Gasteiger charge is -2.30. The van der Waals surface area contributed by atoms with Gasteiger partial charge in [0, 0.05) is 19.1 Å². The van der Waals surface area contributed by atoms with E-state index in [9.17, 15) is 9.59 Å². The average Bonchev–Trinajstić information content (AvgIpc) is 2.90. The summed E-state index contributed by atoms with van der Waals surface area (Å²) in [6.45, 7) is 2.20. The fourth-order valence-corrected chi connectivity index (χ4v) is 3.53. The smallest absolute Gasteiger partial charge is 0.324 e. The zero-order valence-corrected chi connectivity index (χ0v) is 14.2. The van der Waals surface area contributed by atoms with Crippen LogP contribution in [0.2, 0.25) is 0 Å². The number of nitrogens with zero attached hydrogens (tertiary/aromatic N) is 2. The fourth-order valence-electron chi connectivity index (χ4n) is 3.53. The van der Waals surface area contributed by atoms with Gasteiger partial charge in [-0.15, -0.1) is 0 Å². The lowest BCUT2D eigenvalue weighted by Crippen LogP contribution is -2.43. The molecule has 1 aromatic rings. The van der Waals surface area contributed by atoms with Crippen LogP contribution in [0.3, 0.4) is 0 Å². The van der Waals surface area contributed by atoms with Gasteiger partial charge in [-0.3, -0.25) is 14.6 Å². The number of likely N-dealkylation sites (tertiary alicyclic amines) is 1. The third-order valence-corrected chi connectivity index (χ3v) is 4.86. The predicted molar refractivity (Wildman–Crippen MR) is 90.9 cm³/mol. The molecule has 3 rings (SSSR count). The van der Waals surface area contributed by atoms with Gasteiger partial charge in [-0.1, -0.05) is 25.0 Å². The van der Waals surface area contributed by atoms with Gasteiger partial charge >= 0.3 is 6.03 Å². The summed E-state index contributed by atoms with van der Waals surface area (Å²) in [4.78, 5) is 27.8. The number of rotatable bonds is 4. The Balaban J connectivity index is 1.74. The summed E-state index contributed by atoms with van der Waals surface area (Å²) in [5.41, 5.74) is 1.20. The highest BCUT2D eigenvalue weighted by Gasteiger charge is 2.30. The summed E-state index contributed by atoms with van der Waals surface area (Å²) < 4.78 is 5.23. The molecule has 2 aliphatic rings. The van der Waals surface area contributed by atoms with E-state index in [4.69, 9.17) is 4.74 Å². The minimum absolute atomic E-state index is 0.106. The molecule has 0 unspecified atom stereocenters. The fraction of sp³-hybridized carbons (Fsp3) is 0.556. The highest BCUT2D eigenvalue weighted by atomic mass is 16.5. The van der Waals surface area contributed by atoms with Crippen LogP contribution in [0.4, 0.5) is 4.79 Å². The van der Waals surface area contributed by atoms with Crippen molar-refractivity contribution in [3.63, 3.8) is 0 Å². The summed E-state index contributed by atoms with van der Waals surface area (Å²) >= 11 is 0. The van der Waals surface area contributed by atoms with Gasteiger partial charge in [-0.25, -0.2) is 4.79 Å². The van der Waals surface area contributed by atoms with E-state index in [1.807, 2.05) is 12.1 Å². The topological polar surface area (TPSA) is 61.9 Å². The number of carbonyl (C=O) groups excluding carboxylic acids is 2. The average molecular weight is 331 g/mol. The van der Waals surface area contributed by atoms with Gasteiger partial charge in [-0.05, 0) is 37.1 Å². The second-order valence-electron chi connectivity index (χ2n) is 6.39. The van der Waals surface area contributed by atoms with E-state index < -0.39 is 0 Å². The molecule has 6 heteroatoms. The number of urea groups is 1. The van der Waals surface area contributed by atoms with Gasteiger partial charge < -0.3 is 10.1 Å². The first-order chi connectivity index (χ1) is 11.7. The van der Waals surface area contributed by atoms with Crippen molar-refractivity contribution in [1.29, 1.82) is 0 Å². The molecule has 0 saturated carbocycles. The Morgan fingerprint density at radius 3 is 2.67 bits per heavy atom. The van der Waals surface area contributed by atoms with Crippen LogP contribution in [0.1, 0.15) is 37.3 Å². The number of nitrogens with one attached hydrogen (secondary N) is 1. The molecule has 1 N–H and O–H groups in total. The molecule has 0 radical (unpaired) electrons. The number of imide groups is 1. The molecular formula is C18H25N3O3. The first-order valence-electron chi connectivity index (χ1n) is 8.65. The minimum atomic E-state index is -0.268. The molecule has 2 aliphatic heterocycles. The SMILES string of the molecule is COc1ccc([C@H]2CCCCCN2CC(=O)N2CCNC2=O)cc1. The molecule has 3 amide bonds. The molecule has 130 valence electrons. The van der Waals surface area contributed by atoms with Crippen molar-refractivity contribution < 1.29 is 14.3 Å². The van der Waals surface area contributed by atoms with E-state index in [0.29, 0.717) is 19.6 Å². The molecule has 1 atom stereocenters. The monoisotopic (exact) mass is 331 g/mol. The lowest BCUT2D eigenvalue weighted by atomic mass is 10.0. The molecule has 0 aliphatic carbocycles. The van der Waals surface area contributed by atoms with Crippen molar-refractivity contribution in [2.75, 3.05) is 33.3 Å². The Morgan fingerprint density at radius 1 is 1.21 bits per heavy atom. The number of methoxy groups -OCH3 is 1. The minimum Gasteiger partial charge on any atom is -0.497 e. The summed E-state index contributed by atoms with van der Waals surface area (Å²) in [5, 5.41) is 2.69. The normalized spacial score (nSPS) is 22.1. The molecule has 2 fully saturated rings. The third kappa shape index (κ3) is 3.70. The van der Waals surface area contributed by atoms with Gasteiger partial charge in [0.25, 0.3) is 0 Å². The summed E-state index contributed by atoms with van der Waals surface area (Å²) in [7, 11) is 1.66. The van der Waals surface area contributed by atoms with Crippen molar-refractivity contribution in [3.05, 3.63) is 29.8 Å². The van der Waals surface area contributed by atoms with Crippen LogP contribution in [0.25, 0.3) is 0 Å². The Kier molecular flexibility index (Phi) is 5.35. The summed E-state index contributed by atoms with van der Waals surface area (Å²) in [6.07, 6.45) is 4.46. The molecule has 1 aromatic carbocycles. The Bertz CT molecular complexity index is 588. The van der Waals surface area contributed by atoms with Crippen LogP contribution in [0, 0.1) is 0 Å². The van der Waals surface area contributed by atoms with E-state index in [1.54, 1.807) is 7.11 Å². The molecule has 2 saturated heterocycles. The maximum atomic E-state index is 12.5. The highest BCUT2D eigenvalue weighted by Crippen LogP contribution is 2.31. The number of ether oxygens (including phenoxy) is 1. The van der Waals surface area contributed by atoms with Gasteiger partial charge in [0.15, 0.2) is 0 Å². The Morgan fingerprint density at radius 2 is 2.00 bits per heavy atom. The standard InChI is InChI=1S/C18H25N3O3/c1-24-15-8-6-14(7-9-15)16-5-3-2-4-11-20(16)13-17(22)21-12-10-19-18(21)23/h6-9,16H,2-5,10-13H2,1H3,(H,19,23)/t16-/m1/s1. The van der Waals surface area contributed by atoms with Gasteiger partial charge in [-0.2, -0.15) is 0 Å². The van der Waals surface area contributed by atoms with Gasteiger partial charge in [0.2, 0.25) is 5.91 Å². The van der Waals surface area contributed by atoms with E-state index in [1.165, 1.54) is 16.9 Å². The molecule has 0 aromatic heterocycles. The van der Waals surface area contributed by atoms with Crippen molar-refractivity contribution in [2.45, 2.75) is 31.7 Å². The van der Waals surface area contributed by atoms with Gasteiger partial charge in [0.05, 0.1) is 13.7 Å².